The number of carbonyl (C=O) groups excluding carboxylic acids is 1. The summed E-state index contributed by atoms with van der Waals surface area (Å²) in [4.78, 5) is 22.7. The molecule has 6 nitrogen and oxygen atoms in total. The molecular formula is C12H11ClN4O2. The molecule has 0 radical (unpaired) electrons. The number of carbonyl (C=O) groups is 1. The van der Waals surface area contributed by atoms with Gasteiger partial charge in [-0.1, -0.05) is 23.7 Å². The van der Waals surface area contributed by atoms with Crippen LogP contribution in [0.3, 0.4) is 0 Å². The van der Waals surface area contributed by atoms with E-state index in [1.807, 2.05) is 0 Å². The Balaban J connectivity index is 2.35. The second-order valence-corrected chi connectivity index (χ2v) is 4.17. The van der Waals surface area contributed by atoms with Gasteiger partial charge in [0.15, 0.2) is 5.15 Å². The van der Waals surface area contributed by atoms with E-state index < -0.39 is 5.56 Å². The third-order valence-corrected chi connectivity index (χ3v) is 2.47. The quantitative estimate of drug-likeness (QED) is 0.803. The predicted molar refractivity (Wildman–Crippen MR) is 73.9 cm³/mol. The van der Waals surface area contributed by atoms with Crippen LogP contribution in [0.4, 0.5) is 17.1 Å². The Morgan fingerprint density at radius 1 is 1.26 bits per heavy atom. The summed E-state index contributed by atoms with van der Waals surface area (Å²) >= 11 is 5.72. The molecule has 1 heterocycles. The van der Waals surface area contributed by atoms with E-state index in [0.29, 0.717) is 11.4 Å². The van der Waals surface area contributed by atoms with Gasteiger partial charge in [-0.05, 0) is 12.1 Å². The van der Waals surface area contributed by atoms with Crippen molar-refractivity contribution in [3.8, 4) is 0 Å². The third-order valence-electron chi connectivity index (χ3n) is 2.28. The minimum Gasteiger partial charge on any atom is -0.349 e. The molecule has 0 unspecified atom stereocenters. The highest BCUT2D eigenvalue weighted by Gasteiger charge is 2.06. The number of para-hydroxylation sites is 2. The highest BCUT2D eigenvalue weighted by molar-refractivity contribution is 6.29. The van der Waals surface area contributed by atoms with E-state index in [-0.39, 0.29) is 16.7 Å². The van der Waals surface area contributed by atoms with Crippen molar-refractivity contribution in [3.63, 3.8) is 0 Å². The lowest BCUT2D eigenvalue weighted by atomic mass is 10.2. The lowest BCUT2D eigenvalue weighted by Gasteiger charge is -2.11. The van der Waals surface area contributed by atoms with Gasteiger partial charge >= 0.3 is 0 Å². The van der Waals surface area contributed by atoms with Crippen molar-refractivity contribution < 1.29 is 4.79 Å². The predicted octanol–water partition coefficient (Wildman–Crippen LogP) is 2.13. The van der Waals surface area contributed by atoms with Gasteiger partial charge in [-0.2, -0.15) is 5.10 Å². The van der Waals surface area contributed by atoms with Crippen LogP contribution in [-0.4, -0.2) is 16.1 Å². The van der Waals surface area contributed by atoms with Crippen molar-refractivity contribution in [1.82, 2.24) is 10.2 Å². The zero-order valence-corrected chi connectivity index (χ0v) is 10.8. The molecule has 0 bridgehead atoms. The number of nitrogens with one attached hydrogen (secondary N) is 3. The normalized spacial score (nSPS) is 10.0. The first-order valence-electron chi connectivity index (χ1n) is 5.45. The number of amides is 1. The topological polar surface area (TPSA) is 86.9 Å². The number of rotatable bonds is 3. The molecule has 98 valence electrons. The van der Waals surface area contributed by atoms with E-state index >= 15 is 0 Å². The number of hydrogen-bond donors (Lipinski definition) is 3. The standard InChI is InChI=1S/C12H11ClN4O2/c1-7(18)14-8-4-2-3-5-9(8)15-10-6-11(13)16-17-12(10)19/h2-6H,1H3,(H,14,18)(H,15,16)(H,17,19). The van der Waals surface area contributed by atoms with Gasteiger partial charge in [0.1, 0.15) is 5.69 Å². The zero-order valence-electron chi connectivity index (χ0n) is 10.0. The van der Waals surface area contributed by atoms with Crippen molar-refractivity contribution in [3.05, 3.63) is 45.8 Å². The van der Waals surface area contributed by atoms with Crippen LogP contribution in [0.1, 0.15) is 6.92 Å². The summed E-state index contributed by atoms with van der Waals surface area (Å²) in [5.41, 5.74) is 1.01. The van der Waals surface area contributed by atoms with Gasteiger partial charge in [-0.15, -0.1) is 0 Å². The number of aromatic nitrogens is 2. The van der Waals surface area contributed by atoms with E-state index in [1.54, 1.807) is 24.3 Å². The number of hydrogen-bond acceptors (Lipinski definition) is 4. The van der Waals surface area contributed by atoms with E-state index in [4.69, 9.17) is 11.6 Å². The molecule has 0 saturated heterocycles. The maximum Gasteiger partial charge on any atom is 0.287 e. The highest BCUT2D eigenvalue weighted by atomic mass is 35.5. The number of benzene rings is 1. The van der Waals surface area contributed by atoms with E-state index in [0.717, 1.165) is 0 Å². The first-order valence-corrected chi connectivity index (χ1v) is 5.83. The van der Waals surface area contributed by atoms with Crippen molar-refractivity contribution in [2.24, 2.45) is 0 Å². The van der Waals surface area contributed by atoms with Gasteiger partial charge < -0.3 is 10.6 Å². The van der Waals surface area contributed by atoms with Crippen LogP contribution in [0, 0.1) is 0 Å². The summed E-state index contributed by atoms with van der Waals surface area (Å²) in [6, 6.07) is 8.43. The second kappa shape index (κ2) is 5.53. The minimum absolute atomic E-state index is 0.166. The van der Waals surface area contributed by atoms with Crippen molar-refractivity contribution in [2.45, 2.75) is 6.92 Å². The molecule has 0 atom stereocenters. The van der Waals surface area contributed by atoms with Crippen LogP contribution in [-0.2, 0) is 4.79 Å². The van der Waals surface area contributed by atoms with E-state index in [2.05, 4.69) is 20.8 Å². The average molecular weight is 279 g/mol. The average Bonchev–Trinajstić information content (AvgIpc) is 2.35. The summed E-state index contributed by atoms with van der Waals surface area (Å²) < 4.78 is 0. The van der Waals surface area contributed by atoms with Crippen molar-refractivity contribution >= 4 is 34.6 Å². The molecular weight excluding hydrogens is 268 g/mol. The maximum atomic E-state index is 11.6. The van der Waals surface area contributed by atoms with Gasteiger partial charge in [0, 0.05) is 13.0 Å². The molecule has 0 aliphatic rings. The fourth-order valence-corrected chi connectivity index (χ4v) is 1.66. The molecule has 0 saturated carbocycles. The van der Waals surface area contributed by atoms with Crippen molar-refractivity contribution in [1.29, 1.82) is 0 Å². The van der Waals surface area contributed by atoms with Crippen LogP contribution in [0.25, 0.3) is 0 Å². The first-order chi connectivity index (χ1) is 9.06. The van der Waals surface area contributed by atoms with E-state index in [1.165, 1.54) is 13.0 Å². The van der Waals surface area contributed by atoms with Crippen molar-refractivity contribution in [2.75, 3.05) is 10.6 Å². The van der Waals surface area contributed by atoms with Crippen LogP contribution in [0.15, 0.2) is 35.1 Å². The summed E-state index contributed by atoms with van der Waals surface area (Å²) in [7, 11) is 0. The summed E-state index contributed by atoms with van der Waals surface area (Å²) in [6.07, 6.45) is 0. The van der Waals surface area contributed by atoms with E-state index in [9.17, 15) is 9.59 Å². The molecule has 3 N–H and O–H groups in total. The molecule has 7 heteroatoms. The Hall–Kier alpha value is -2.34. The maximum absolute atomic E-state index is 11.6. The third kappa shape index (κ3) is 3.32. The summed E-state index contributed by atoms with van der Waals surface area (Å²) in [5, 5.41) is 11.6. The van der Waals surface area contributed by atoms with Gasteiger partial charge in [-0.25, -0.2) is 5.10 Å². The highest BCUT2D eigenvalue weighted by Crippen LogP contribution is 2.24. The molecule has 2 aromatic rings. The second-order valence-electron chi connectivity index (χ2n) is 3.79. The molecule has 0 aliphatic carbocycles. The number of aromatic amines is 1. The molecule has 0 fully saturated rings. The Bertz CT molecular complexity index is 669. The first kappa shape index (κ1) is 13.1. The van der Waals surface area contributed by atoms with Crippen LogP contribution < -0.4 is 16.2 Å². The van der Waals surface area contributed by atoms with Crippen LogP contribution >= 0.6 is 11.6 Å². The van der Waals surface area contributed by atoms with Gasteiger partial charge in [0.05, 0.1) is 11.4 Å². The van der Waals surface area contributed by atoms with Gasteiger partial charge in [0.25, 0.3) is 5.56 Å². The number of H-pyrrole nitrogens is 1. The summed E-state index contributed by atoms with van der Waals surface area (Å²) in [6.45, 7) is 1.41. The lowest BCUT2D eigenvalue weighted by molar-refractivity contribution is -0.114. The molecule has 1 aromatic carbocycles. The number of nitrogens with zero attached hydrogens (tertiary/aromatic N) is 1. The Morgan fingerprint density at radius 2 is 1.95 bits per heavy atom. The monoisotopic (exact) mass is 278 g/mol. The fourth-order valence-electron chi connectivity index (χ4n) is 1.51. The Labute approximate surface area is 113 Å². The number of halogens is 1. The Morgan fingerprint density at radius 3 is 2.63 bits per heavy atom. The summed E-state index contributed by atoms with van der Waals surface area (Å²) in [5.74, 6) is -0.198. The molecule has 19 heavy (non-hydrogen) atoms. The molecule has 0 aliphatic heterocycles. The lowest BCUT2D eigenvalue weighted by Crippen LogP contribution is -2.14. The fraction of sp³-hybridized carbons (Fsp3) is 0.0833. The zero-order chi connectivity index (χ0) is 13.8. The van der Waals surface area contributed by atoms with Crippen LogP contribution in [0.5, 0.6) is 0 Å². The smallest absolute Gasteiger partial charge is 0.287 e. The molecule has 0 spiro atoms. The Kier molecular flexibility index (Phi) is 3.82. The largest absolute Gasteiger partial charge is 0.349 e. The number of anilines is 3. The SMILES string of the molecule is CC(=O)Nc1ccccc1Nc1cc(Cl)n[nH]c1=O. The van der Waals surface area contributed by atoms with Crippen LogP contribution in [0.2, 0.25) is 5.15 Å². The van der Waals surface area contributed by atoms with Gasteiger partial charge in [0.2, 0.25) is 5.91 Å². The minimum atomic E-state index is -0.401. The molecule has 2 rings (SSSR count). The molecule has 1 aromatic heterocycles. The molecule has 1 amide bonds. The van der Waals surface area contributed by atoms with Gasteiger partial charge in [-0.3, -0.25) is 9.59 Å².